The summed E-state index contributed by atoms with van der Waals surface area (Å²) in [5, 5.41) is 13.7. The first-order valence-corrected chi connectivity index (χ1v) is 26.2. The van der Waals surface area contributed by atoms with Crippen LogP contribution in [0.15, 0.2) is 100 Å². The predicted octanol–water partition coefficient (Wildman–Crippen LogP) is 8.30. The number of sulfonamides is 1. The van der Waals surface area contributed by atoms with Crippen molar-refractivity contribution in [2.24, 2.45) is 9.78 Å². The third-order valence-electron chi connectivity index (χ3n) is 12.9. The van der Waals surface area contributed by atoms with E-state index in [0.717, 1.165) is 61.1 Å². The summed E-state index contributed by atoms with van der Waals surface area (Å²) in [5.41, 5.74) is 5.56. The fraction of sp³-hybridized carbons (Fsp3) is 0.396. The van der Waals surface area contributed by atoms with Crippen molar-refractivity contribution in [1.29, 1.82) is 0 Å². The van der Waals surface area contributed by atoms with Crippen LogP contribution < -0.4 is 14.4 Å². The lowest BCUT2D eigenvalue weighted by atomic mass is 9.72. The Morgan fingerprint density at radius 1 is 0.985 bits per heavy atom. The molecule has 4 heterocycles. The van der Waals surface area contributed by atoms with Gasteiger partial charge in [0.1, 0.15) is 17.1 Å². The monoisotopic (exact) mass is 986 g/mol. The van der Waals surface area contributed by atoms with Crippen LogP contribution in [0.4, 0.5) is 16.2 Å². The number of carbonyl (C=O) groups excluding carboxylic acids is 2. The molecule has 0 radical (unpaired) electrons. The molecule has 0 unspecified atom stereocenters. The maximum Gasteiger partial charge on any atom is 0.441 e. The van der Waals surface area contributed by atoms with Crippen molar-refractivity contribution >= 4 is 71.3 Å². The SMILES string of the molecule is COC(=O)N=S1(=O)CCN(CCCc2ccc(S(=O)(=O)NC(=O)c3ccc(N4CCN(CC5=C(c6ccc(Cl)cc6)CC(C)(C)CC5)CC4)cc3Oc3cnc4[nH]ccc4c3)cc2[N+](=O)[O-])CC1. The zero-order valence-electron chi connectivity index (χ0n) is 38.2. The Balaban J connectivity index is 0.960. The van der Waals surface area contributed by atoms with Crippen molar-refractivity contribution in [3.63, 3.8) is 0 Å². The summed E-state index contributed by atoms with van der Waals surface area (Å²) in [6.07, 6.45) is 6.29. The number of H-pyrrole nitrogens is 1. The third-order valence-corrected chi connectivity index (χ3v) is 16.6. The molecule has 3 aromatic carbocycles. The molecule has 2 amide bonds. The fourth-order valence-electron chi connectivity index (χ4n) is 9.05. The molecule has 17 nitrogen and oxygen atoms in total. The Labute approximate surface area is 401 Å². The van der Waals surface area contributed by atoms with Gasteiger partial charge in [-0.1, -0.05) is 49.2 Å². The second kappa shape index (κ2) is 20.4. The second-order valence-electron chi connectivity index (χ2n) is 18.2. The number of benzene rings is 3. The van der Waals surface area contributed by atoms with E-state index in [0.29, 0.717) is 56.1 Å². The summed E-state index contributed by atoms with van der Waals surface area (Å²) in [7, 11) is -6.14. The number of hydrogen-bond acceptors (Lipinski definition) is 13. The van der Waals surface area contributed by atoms with Crippen molar-refractivity contribution in [2.75, 3.05) is 75.9 Å². The molecule has 2 N–H and O–H groups in total. The second-order valence-corrected chi connectivity index (χ2v) is 22.9. The Morgan fingerprint density at radius 2 is 1.74 bits per heavy atom. The lowest BCUT2D eigenvalue weighted by Gasteiger charge is -2.39. The normalized spacial score (nSPS) is 17.7. The first kappa shape index (κ1) is 48.6. The number of ether oxygens (including phenoxy) is 2. The number of aryl methyl sites for hydroxylation is 1. The summed E-state index contributed by atoms with van der Waals surface area (Å²) < 4.78 is 57.1. The number of aromatic amines is 1. The largest absolute Gasteiger partial charge is 0.455 e. The average molecular weight is 988 g/mol. The molecule has 0 saturated carbocycles. The van der Waals surface area contributed by atoms with Crippen LogP contribution in [-0.2, 0) is 30.9 Å². The highest BCUT2D eigenvalue weighted by atomic mass is 35.5. The highest BCUT2D eigenvalue weighted by Crippen LogP contribution is 2.43. The molecule has 68 heavy (non-hydrogen) atoms. The van der Waals surface area contributed by atoms with Crippen molar-refractivity contribution in [1.82, 2.24) is 24.5 Å². The summed E-state index contributed by atoms with van der Waals surface area (Å²) in [4.78, 5) is 50.9. The summed E-state index contributed by atoms with van der Waals surface area (Å²) in [6, 6.07) is 20.3. The van der Waals surface area contributed by atoms with Crippen molar-refractivity contribution in [3.8, 4) is 11.5 Å². The molecule has 0 atom stereocenters. The zero-order valence-corrected chi connectivity index (χ0v) is 40.6. The van der Waals surface area contributed by atoms with Gasteiger partial charge in [-0.15, -0.1) is 4.36 Å². The van der Waals surface area contributed by atoms with Crippen LogP contribution in [0.1, 0.15) is 61.0 Å². The number of methoxy groups -OCH3 is 1. The minimum atomic E-state index is -4.61. The lowest BCUT2D eigenvalue weighted by molar-refractivity contribution is -0.385. The summed E-state index contributed by atoms with van der Waals surface area (Å²) in [6.45, 7) is 9.91. The van der Waals surface area contributed by atoms with Crippen molar-refractivity contribution in [2.45, 2.75) is 50.8 Å². The van der Waals surface area contributed by atoms with E-state index >= 15 is 0 Å². The number of nitrogens with one attached hydrogen (secondary N) is 2. The number of nitro groups is 1. The van der Waals surface area contributed by atoms with Crippen LogP contribution >= 0.6 is 11.6 Å². The predicted molar refractivity (Wildman–Crippen MR) is 262 cm³/mol. The molecule has 2 aliphatic heterocycles. The maximum atomic E-state index is 14.0. The van der Waals surface area contributed by atoms with E-state index in [4.69, 9.17) is 16.3 Å². The van der Waals surface area contributed by atoms with Gasteiger partial charge in [0.05, 0.1) is 38.4 Å². The van der Waals surface area contributed by atoms with Crippen LogP contribution in [0.5, 0.6) is 11.5 Å². The molecule has 360 valence electrons. The molecule has 2 saturated heterocycles. The van der Waals surface area contributed by atoms with E-state index in [1.807, 2.05) is 23.1 Å². The number of amides is 2. The van der Waals surface area contributed by atoms with Gasteiger partial charge >= 0.3 is 6.09 Å². The van der Waals surface area contributed by atoms with E-state index in [2.05, 4.69) is 59.6 Å². The van der Waals surface area contributed by atoms with Gasteiger partial charge in [-0.05, 0) is 97.7 Å². The van der Waals surface area contributed by atoms with E-state index in [9.17, 15) is 32.3 Å². The zero-order chi connectivity index (χ0) is 48.2. The molecule has 8 rings (SSSR count). The van der Waals surface area contributed by atoms with Crippen LogP contribution in [0, 0.1) is 15.5 Å². The fourth-order valence-corrected chi connectivity index (χ4v) is 12.0. The van der Waals surface area contributed by atoms with E-state index in [-0.39, 0.29) is 34.7 Å². The summed E-state index contributed by atoms with van der Waals surface area (Å²) in [5.74, 6) is -0.155. The number of fused-ring (bicyclic) bond motifs is 1. The number of allylic oxidation sites excluding steroid dienone is 1. The van der Waals surface area contributed by atoms with Crippen LogP contribution in [0.3, 0.4) is 0 Å². The lowest BCUT2D eigenvalue weighted by Crippen LogP contribution is -2.47. The van der Waals surface area contributed by atoms with Crippen molar-refractivity contribution in [3.05, 3.63) is 123 Å². The molecular weight excluding hydrogens is 932 g/mol. The van der Waals surface area contributed by atoms with Gasteiger partial charge in [0, 0.05) is 97.3 Å². The van der Waals surface area contributed by atoms with Gasteiger partial charge in [0.25, 0.3) is 21.6 Å². The van der Waals surface area contributed by atoms with E-state index in [1.54, 1.807) is 24.4 Å². The van der Waals surface area contributed by atoms with Gasteiger partial charge in [-0.3, -0.25) is 19.8 Å². The Kier molecular flexibility index (Phi) is 14.6. The molecule has 2 fully saturated rings. The smallest absolute Gasteiger partial charge is 0.441 e. The molecular formula is C48H55ClN8O9S2. The van der Waals surface area contributed by atoms with Crippen molar-refractivity contribution < 1.29 is 36.6 Å². The average Bonchev–Trinajstić information content (AvgIpc) is 3.79. The molecule has 0 spiro atoms. The van der Waals surface area contributed by atoms with E-state index in [1.165, 1.54) is 48.2 Å². The number of halogens is 1. The van der Waals surface area contributed by atoms with Crippen LogP contribution in [0.2, 0.25) is 5.02 Å². The van der Waals surface area contributed by atoms with Crippen LogP contribution in [0.25, 0.3) is 16.6 Å². The highest BCUT2D eigenvalue weighted by molar-refractivity contribution is 7.94. The first-order chi connectivity index (χ1) is 32.5. The molecule has 5 aromatic rings. The Morgan fingerprint density at radius 3 is 2.46 bits per heavy atom. The number of hydrogen-bond donors (Lipinski definition) is 2. The van der Waals surface area contributed by atoms with Gasteiger partial charge in [-0.2, -0.15) is 0 Å². The van der Waals surface area contributed by atoms with Crippen LogP contribution in [-0.4, -0.2) is 120 Å². The van der Waals surface area contributed by atoms with Gasteiger partial charge in [0.2, 0.25) is 0 Å². The number of piperazine rings is 1. The minimum absolute atomic E-state index is 0.0642. The highest BCUT2D eigenvalue weighted by Gasteiger charge is 2.31. The molecule has 20 heteroatoms. The van der Waals surface area contributed by atoms with Gasteiger partial charge in [-0.25, -0.2) is 27.1 Å². The number of rotatable bonds is 14. The first-order valence-electron chi connectivity index (χ1n) is 22.5. The van der Waals surface area contributed by atoms with Gasteiger partial charge in [0.15, 0.2) is 0 Å². The Bertz CT molecular complexity index is 2980. The quantitative estimate of drug-likeness (QED) is 0.0793. The number of aromatic nitrogens is 2. The third kappa shape index (κ3) is 11.7. The molecule has 2 aromatic heterocycles. The molecule has 0 bridgehead atoms. The Hall–Kier alpha value is -5.86. The number of carbonyl (C=O) groups is 2. The number of anilines is 1. The number of pyridine rings is 1. The van der Waals surface area contributed by atoms with E-state index < -0.39 is 47.3 Å². The van der Waals surface area contributed by atoms with Gasteiger partial charge < -0.3 is 24.3 Å². The number of nitro benzene ring substituents is 1. The molecule has 3 aliphatic rings. The topological polar surface area (TPSA) is 210 Å². The standard InChI is InChI=1S/C48H55ClN8O9S2/c1-48(2)16-14-36(42(30-48)33-6-9-37(49)10-7-33)32-55-19-21-56(22-20-55)38-11-13-41(44(28-38)66-39-27-35-15-17-50-45(35)51-31-39)46(58)52-68(63,64)40-12-8-34(43(29-40)57(60)61)5-4-18-54-23-25-67(62,26-24-54)53-47(59)65-3/h6-13,15,17,27-29,31H,4-5,14,16,18-26,30,32H2,1-3H3,(H,50,51)(H,52,58). The molecule has 1 aliphatic carbocycles. The summed E-state index contributed by atoms with van der Waals surface area (Å²) >= 11 is 6.24. The maximum absolute atomic E-state index is 14.0. The number of nitrogens with zero attached hydrogens (tertiary/aromatic N) is 6. The minimum Gasteiger partial charge on any atom is -0.455 e.